The van der Waals surface area contributed by atoms with Gasteiger partial charge in [-0.2, -0.15) is 0 Å². The first kappa shape index (κ1) is 26.2. The van der Waals surface area contributed by atoms with Crippen LogP contribution in [0.25, 0.3) is 0 Å². The summed E-state index contributed by atoms with van der Waals surface area (Å²) in [4.78, 5) is 49.7. The molecule has 0 radical (unpaired) electrons. The van der Waals surface area contributed by atoms with Crippen molar-refractivity contribution in [2.75, 3.05) is 12.3 Å². The lowest BCUT2D eigenvalue weighted by atomic mass is 9.86. The fourth-order valence-electron chi connectivity index (χ4n) is 4.89. The van der Waals surface area contributed by atoms with Gasteiger partial charge in [-0.05, 0) is 44.6 Å². The standard InChI is InChI=1S/C25H32N6O3S2/c1-25-10-9-17(14-16-6-3-2-4-7-16)23(34)31(25)19(15-36-25)21(33)30-18(8-5-11-29-24(26)27)20(32)22-28-12-13-35-22/h2-4,6-7,12-13,17-19H,5,8-11,14-15H2,1H3,(H,30,33)(H4,26,27,29)/t17?,18?,19-,25-/m0/s1. The molecule has 0 saturated carbocycles. The molecular weight excluding hydrogens is 496 g/mol. The van der Waals surface area contributed by atoms with E-state index in [1.54, 1.807) is 28.2 Å². The van der Waals surface area contributed by atoms with Gasteiger partial charge in [-0.15, -0.1) is 23.1 Å². The second-order valence-corrected chi connectivity index (χ2v) is 11.7. The summed E-state index contributed by atoms with van der Waals surface area (Å²) in [7, 11) is 0. The third-order valence-corrected chi connectivity index (χ3v) is 9.06. The number of guanidine groups is 1. The Morgan fingerprint density at radius 1 is 1.31 bits per heavy atom. The van der Waals surface area contributed by atoms with Crippen molar-refractivity contribution < 1.29 is 14.4 Å². The summed E-state index contributed by atoms with van der Waals surface area (Å²) in [5, 5.41) is 4.99. The number of amides is 2. The van der Waals surface area contributed by atoms with Gasteiger partial charge in [0.25, 0.3) is 0 Å². The number of aromatic nitrogens is 1. The number of ketones is 1. The summed E-state index contributed by atoms with van der Waals surface area (Å²) in [6.45, 7) is 2.39. The molecule has 3 heterocycles. The fourth-order valence-corrected chi connectivity index (χ4v) is 6.96. The lowest BCUT2D eigenvalue weighted by molar-refractivity contribution is -0.149. The van der Waals surface area contributed by atoms with Crippen LogP contribution in [0.5, 0.6) is 0 Å². The number of thiazole rings is 1. The van der Waals surface area contributed by atoms with E-state index in [0.717, 1.165) is 18.4 Å². The topological polar surface area (TPSA) is 144 Å². The van der Waals surface area contributed by atoms with E-state index in [0.29, 0.717) is 36.6 Å². The molecule has 9 nitrogen and oxygen atoms in total. The molecule has 2 fully saturated rings. The average molecular weight is 529 g/mol. The Kier molecular flexibility index (Phi) is 8.30. The highest BCUT2D eigenvalue weighted by atomic mass is 32.2. The van der Waals surface area contributed by atoms with Gasteiger partial charge < -0.3 is 21.7 Å². The van der Waals surface area contributed by atoms with E-state index in [-0.39, 0.29) is 29.5 Å². The van der Waals surface area contributed by atoms with Crippen molar-refractivity contribution in [2.45, 2.75) is 56.0 Å². The number of hydrogen-bond donors (Lipinski definition) is 3. The van der Waals surface area contributed by atoms with E-state index < -0.39 is 17.0 Å². The van der Waals surface area contributed by atoms with Gasteiger partial charge in [-0.1, -0.05) is 30.3 Å². The second-order valence-electron chi connectivity index (χ2n) is 9.35. The van der Waals surface area contributed by atoms with Gasteiger partial charge in [0, 0.05) is 29.8 Å². The van der Waals surface area contributed by atoms with Crippen LogP contribution >= 0.6 is 23.1 Å². The van der Waals surface area contributed by atoms with E-state index in [2.05, 4.69) is 15.3 Å². The summed E-state index contributed by atoms with van der Waals surface area (Å²) >= 11 is 2.87. The van der Waals surface area contributed by atoms with Crippen LogP contribution in [0.15, 0.2) is 46.9 Å². The van der Waals surface area contributed by atoms with Gasteiger partial charge in [0.1, 0.15) is 6.04 Å². The fraction of sp³-hybridized carbons (Fsp3) is 0.480. The van der Waals surface area contributed by atoms with E-state index in [9.17, 15) is 14.4 Å². The number of nitrogens with two attached hydrogens (primary N) is 2. The molecule has 11 heteroatoms. The number of fused-ring (bicyclic) bond motifs is 1. The molecule has 1 aromatic carbocycles. The molecule has 0 aliphatic carbocycles. The normalized spacial score (nSPS) is 24.1. The van der Waals surface area contributed by atoms with Crippen LogP contribution in [0, 0.1) is 5.92 Å². The Balaban J connectivity index is 1.48. The van der Waals surface area contributed by atoms with Crippen LogP contribution < -0.4 is 16.8 Å². The number of aliphatic imine (C=N–C) groups is 1. The number of hydrogen-bond acceptors (Lipinski definition) is 7. The number of carbonyl (C=O) groups excluding carboxylic acids is 3. The highest BCUT2D eigenvalue weighted by Crippen LogP contribution is 2.47. The Morgan fingerprint density at radius 3 is 2.78 bits per heavy atom. The van der Waals surface area contributed by atoms with Crippen LogP contribution in [0.2, 0.25) is 0 Å². The Morgan fingerprint density at radius 2 is 2.08 bits per heavy atom. The van der Waals surface area contributed by atoms with Crippen molar-refractivity contribution in [3.05, 3.63) is 52.5 Å². The first-order chi connectivity index (χ1) is 17.3. The van der Waals surface area contributed by atoms with E-state index in [1.807, 2.05) is 37.3 Å². The Hall–Kier alpha value is -2.92. The van der Waals surface area contributed by atoms with Gasteiger partial charge in [0.2, 0.25) is 17.6 Å². The summed E-state index contributed by atoms with van der Waals surface area (Å²) in [5.41, 5.74) is 11.9. The largest absolute Gasteiger partial charge is 0.370 e. The Labute approximate surface area is 219 Å². The van der Waals surface area contributed by atoms with Gasteiger partial charge in [-0.3, -0.25) is 19.4 Å². The summed E-state index contributed by atoms with van der Waals surface area (Å²) in [6.07, 6.45) is 4.71. The maximum atomic E-state index is 13.6. The smallest absolute Gasteiger partial charge is 0.244 e. The number of nitrogens with one attached hydrogen (secondary N) is 1. The van der Waals surface area contributed by atoms with Crippen molar-refractivity contribution in [1.82, 2.24) is 15.2 Å². The molecule has 5 N–H and O–H groups in total. The van der Waals surface area contributed by atoms with Crippen molar-refractivity contribution in [1.29, 1.82) is 0 Å². The lowest BCUT2D eigenvalue weighted by Crippen LogP contribution is -2.59. The zero-order valence-corrected chi connectivity index (χ0v) is 21.9. The molecule has 2 amide bonds. The molecule has 0 bridgehead atoms. The summed E-state index contributed by atoms with van der Waals surface area (Å²) < 4.78 is 0. The molecule has 2 saturated heterocycles. The predicted octanol–water partition coefficient (Wildman–Crippen LogP) is 2.18. The molecule has 4 rings (SSSR count). The minimum absolute atomic E-state index is 0.00770. The average Bonchev–Trinajstić information content (AvgIpc) is 3.52. The molecule has 0 spiro atoms. The van der Waals surface area contributed by atoms with Crippen LogP contribution in [-0.4, -0.2) is 62.7 Å². The lowest BCUT2D eigenvalue weighted by Gasteiger charge is -2.44. The van der Waals surface area contributed by atoms with E-state index in [1.165, 1.54) is 11.3 Å². The number of thioether (sulfide) groups is 1. The minimum atomic E-state index is -0.769. The zero-order chi connectivity index (χ0) is 25.7. The zero-order valence-electron chi connectivity index (χ0n) is 20.3. The summed E-state index contributed by atoms with van der Waals surface area (Å²) in [5.74, 6) is -0.230. The van der Waals surface area contributed by atoms with Gasteiger partial charge in [0.15, 0.2) is 11.0 Å². The third kappa shape index (κ3) is 5.89. The van der Waals surface area contributed by atoms with Crippen molar-refractivity contribution in [3.8, 4) is 0 Å². The number of piperidine rings is 1. The van der Waals surface area contributed by atoms with Crippen LogP contribution in [-0.2, 0) is 16.0 Å². The van der Waals surface area contributed by atoms with Crippen LogP contribution in [0.4, 0.5) is 0 Å². The minimum Gasteiger partial charge on any atom is -0.370 e. The first-order valence-electron chi connectivity index (χ1n) is 12.1. The van der Waals surface area contributed by atoms with Crippen LogP contribution in [0.1, 0.15) is 48.0 Å². The molecule has 192 valence electrons. The van der Waals surface area contributed by atoms with Crippen molar-refractivity contribution >= 4 is 46.7 Å². The van der Waals surface area contributed by atoms with E-state index in [4.69, 9.17) is 11.5 Å². The Bertz CT molecular complexity index is 1110. The maximum Gasteiger partial charge on any atom is 0.244 e. The monoisotopic (exact) mass is 528 g/mol. The predicted molar refractivity (Wildman–Crippen MR) is 143 cm³/mol. The number of nitrogens with zero attached hydrogens (tertiary/aromatic N) is 3. The quantitative estimate of drug-likeness (QED) is 0.186. The summed E-state index contributed by atoms with van der Waals surface area (Å²) in [6, 6.07) is 8.57. The molecule has 4 atom stereocenters. The molecule has 2 aromatic rings. The van der Waals surface area contributed by atoms with Crippen LogP contribution in [0.3, 0.4) is 0 Å². The molecule has 36 heavy (non-hydrogen) atoms. The van der Waals surface area contributed by atoms with Gasteiger partial charge >= 0.3 is 0 Å². The first-order valence-corrected chi connectivity index (χ1v) is 14.0. The highest BCUT2D eigenvalue weighted by Gasteiger charge is 2.53. The maximum absolute atomic E-state index is 13.6. The molecule has 2 unspecified atom stereocenters. The molecule has 2 aliphatic heterocycles. The van der Waals surface area contributed by atoms with Crippen molar-refractivity contribution in [2.24, 2.45) is 22.4 Å². The third-order valence-electron chi connectivity index (χ3n) is 6.77. The second kappa shape index (κ2) is 11.4. The van der Waals surface area contributed by atoms with Gasteiger partial charge in [-0.25, -0.2) is 4.98 Å². The number of benzene rings is 1. The number of carbonyl (C=O) groups is 3. The van der Waals surface area contributed by atoms with Gasteiger partial charge in [0.05, 0.1) is 10.9 Å². The highest BCUT2D eigenvalue weighted by molar-refractivity contribution is 8.00. The molecule has 1 aromatic heterocycles. The molecule has 2 aliphatic rings. The molecular formula is C25H32N6O3S2. The SMILES string of the molecule is C[C@]12CCC(Cc3ccccc3)C(=O)N1[C@H](C(=O)NC(CCCN=C(N)N)C(=O)c1nccs1)CS2. The van der Waals surface area contributed by atoms with E-state index >= 15 is 0 Å². The van der Waals surface area contributed by atoms with Crippen molar-refractivity contribution in [3.63, 3.8) is 0 Å². The number of rotatable bonds is 10. The number of Topliss-reactive ketones (excluding diaryl/α,β-unsaturated/α-hetero) is 1.